The number of ether oxygens (including phenoxy) is 1. The first-order valence-electron chi connectivity index (χ1n) is 4.75. The van der Waals surface area contributed by atoms with E-state index in [0.29, 0.717) is 5.56 Å². The van der Waals surface area contributed by atoms with E-state index in [1.54, 1.807) is 6.92 Å². The number of alkyl halides is 3. The van der Waals surface area contributed by atoms with Gasteiger partial charge >= 0.3 is 6.18 Å². The third-order valence-electron chi connectivity index (χ3n) is 2.00. The summed E-state index contributed by atoms with van der Waals surface area (Å²) >= 11 is 0. The minimum Gasteiger partial charge on any atom is -0.473 e. The van der Waals surface area contributed by atoms with E-state index < -0.39 is 11.7 Å². The fraction of sp³-hybridized carbons (Fsp3) is 0.500. The molecule has 0 fully saturated rings. The lowest BCUT2D eigenvalue weighted by atomic mass is 10.2. The fourth-order valence-corrected chi connectivity index (χ4v) is 1.08. The fourth-order valence-electron chi connectivity index (χ4n) is 1.08. The summed E-state index contributed by atoms with van der Waals surface area (Å²) in [4.78, 5) is 3.63. The second-order valence-corrected chi connectivity index (χ2v) is 3.51. The van der Waals surface area contributed by atoms with Crippen LogP contribution in [0.2, 0.25) is 0 Å². The first kappa shape index (κ1) is 12.8. The van der Waals surface area contributed by atoms with Crippen molar-refractivity contribution in [1.82, 2.24) is 4.98 Å². The molecule has 6 heteroatoms. The van der Waals surface area contributed by atoms with Crippen LogP contribution in [0.15, 0.2) is 12.3 Å². The molecule has 90 valence electrons. The molecule has 2 N–H and O–H groups in total. The average Bonchev–Trinajstić information content (AvgIpc) is 2.19. The number of aromatic nitrogens is 1. The Bertz CT molecular complexity index is 366. The SMILES string of the molecule is Cc1cc(C(F)(F)F)cnc1O[C@H](C)CN. The molecule has 3 nitrogen and oxygen atoms in total. The number of nitrogens with zero attached hydrogens (tertiary/aromatic N) is 1. The van der Waals surface area contributed by atoms with Crippen LogP contribution < -0.4 is 10.5 Å². The molecule has 0 aliphatic heterocycles. The van der Waals surface area contributed by atoms with Gasteiger partial charge in [0, 0.05) is 18.3 Å². The molecule has 16 heavy (non-hydrogen) atoms. The van der Waals surface area contributed by atoms with E-state index in [2.05, 4.69) is 4.98 Å². The Morgan fingerprint density at radius 3 is 2.56 bits per heavy atom. The van der Waals surface area contributed by atoms with Gasteiger partial charge in [0.05, 0.1) is 5.56 Å². The molecule has 0 radical (unpaired) electrons. The van der Waals surface area contributed by atoms with Crippen molar-refractivity contribution in [2.75, 3.05) is 6.54 Å². The Hall–Kier alpha value is -1.30. The van der Waals surface area contributed by atoms with Gasteiger partial charge in [-0.3, -0.25) is 0 Å². The van der Waals surface area contributed by atoms with Gasteiger partial charge in [0.2, 0.25) is 5.88 Å². The molecule has 0 unspecified atom stereocenters. The van der Waals surface area contributed by atoms with E-state index in [-0.39, 0.29) is 18.5 Å². The van der Waals surface area contributed by atoms with Crippen molar-refractivity contribution in [3.05, 3.63) is 23.4 Å². The van der Waals surface area contributed by atoms with Gasteiger partial charge in [-0.25, -0.2) is 4.98 Å². The minimum absolute atomic E-state index is 0.186. The van der Waals surface area contributed by atoms with E-state index >= 15 is 0 Å². The second-order valence-electron chi connectivity index (χ2n) is 3.51. The number of rotatable bonds is 3. The summed E-state index contributed by atoms with van der Waals surface area (Å²) in [5.74, 6) is 0.186. The summed E-state index contributed by atoms with van der Waals surface area (Å²) < 4.78 is 42.2. The van der Waals surface area contributed by atoms with Crippen LogP contribution in [-0.2, 0) is 6.18 Å². The van der Waals surface area contributed by atoms with Gasteiger partial charge in [0.1, 0.15) is 6.10 Å². The summed E-state index contributed by atoms with van der Waals surface area (Å²) in [7, 11) is 0. The highest BCUT2D eigenvalue weighted by atomic mass is 19.4. The van der Waals surface area contributed by atoms with Crippen LogP contribution in [0.25, 0.3) is 0 Å². The topological polar surface area (TPSA) is 48.1 Å². The van der Waals surface area contributed by atoms with Gasteiger partial charge in [-0.05, 0) is 19.9 Å². The number of pyridine rings is 1. The number of nitrogens with two attached hydrogens (primary N) is 1. The molecule has 1 atom stereocenters. The van der Waals surface area contributed by atoms with Crippen LogP contribution in [0.3, 0.4) is 0 Å². The maximum absolute atomic E-state index is 12.3. The molecular weight excluding hydrogens is 221 g/mol. The van der Waals surface area contributed by atoms with Gasteiger partial charge in [-0.2, -0.15) is 13.2 Å². The molecule has 1 aromatic rings. The van der Waals surface area contributed by atoms with Crippen molar-refractivity contribution < 1.29 is 17.9 Å². The summed E-state index contributed by atoms with van der Waals surface area (Å²) in [6, 6.07) is 1.01. The predicted octanol–water partition coefficient (Wildman–Crippen LogP) is 2.13. The minimum atomic E-state index is -4.38. The van der Waals surface area contributed by atoms with Crippen LogP contribution in [0.1, 0.15) is 18.1 Å². The normalized spacial score (nSPS) is 13.6. The van der Waals surface area contributed by atoms with Crippen LogP contribution in [0, 0.1) is 6.92 Å². The van der Waals surface area contributed by atoms with E-state index in [1.165, 1.54) is 6.92 Å². The molecule has 0 saturated heterocycles. The highest BCUT2D eigenvalue weighted by Crippen LogP contribution is 2.30. The van der Waals surface area contributed by atoms with Gasteiger partial charge in [-0.15, -0.1) is 0 Å². The summed E-state index contributed by atoms with van der Waals surface area (Å²) in [6.45, 7) is 3.52. The summed E-state index contributed by atoms with van der Waals surface area (Å²) in [6.07, 6.45) is -3.90. The Kier molecular flexibility index (Phi) is 3.74. The maximum atomic E-state index is 12.3. The molecule has 0 spiro atoms. The Morgan fingerprint density at radius 1 is 1.50 bits per heavy atom. The highest BCUT2D eigenvalue weighted by Gasteiger charge is 2.31. The third kappa shape index (κ3) is 3.10. The van der Waals surface area contributed by atoms with E-state index in [9.17, 15) is 13.2 Å². The van der Waals surface area contributed by atoms with Crippen molar-refractivity contribution in [2.24, 2.45) is 5.73 Å². The molecule has 1 aromatic heterocycles. The number of halogens is 3. The molecular formula is C10H13F3N2O. The molecule has 0 aliphatic carbocycles. The first-order valence-corrected chi connectivity index (χ1v) is 4.75. The smallest absolute Gasteiger partial charge is 0.417 e. The summed E-state index contributed by atoms with van der Waals surface area (Å²) in [5.41, 5.74) is 4.90. The Morgan fingerprint density at radius 2 is 2.12 bits per heavy atom. The van der Waals surface area contributed by atoms with Gasteiger partial charge in [0.15, 0.2) is 0 Å². The zero-order valence-corrected chi connectivity index (χ0v) is 9.01. The Balaban J connectivity index is 2.92. The number of hydrogen-bond acceptors (Lipinski definition) is 3. The molecule has 0 aromatic carbocycles. The lowest BCUT2D eigenvalue weighted by Crippen LogP contribution is -2.23. The molecule has 1 rings (SSSR count). The lowest BCUT2D eigenvalue weighted by molar-refractivity contribution is -0.137. The first-order chi connectivity index (χ1) is 7.34. The van der Waals surface area contributed by atoms with Crippen molar-refractivity contribution in [3.63, 3.8) is 0 Å². The predicted molar refractivity (Wildman–Crippen MR) is 53.1 cm³/mol. The second kappa shape index (κ2) is 4.69. The average molecular weight is 234 g/mol. The quantitative estimate of drug-likeness (QED) is 0.871. The maximum Gasteiger partial charge on any atom is 0.417 e. The zero-order chi connectivity index (χ0) is 12.3. The zero-order valence-electron chi connectivity index (χ0n) is 9.01. The van der Waals surface area contributed by atoms with E-state index in [0.717, 1.165) is 12.3 Å². The summed E-state index contributed by atoms with van der Waals surface area (Å²) in [5, 5.41) is 0. The van der Waals surface area contributed by atoms with Crippen LogP contribution in [-0.4, -0.2) is 17.6 Å². The van der Waals surface area contributed by atoms with Gasteiger partial charge in [-0.1, -0.05) is 0 Å². The van der Waals surface area contributed by atoms with Crippen molar-refractivity contribution in [1.29, 1.82) is 0 Å². The monoisotopic (exact) mass is 234 g/mol. The van der Waals surface area contributed by atoms with Crippen molar-refractivity contribution in [3.8, 4) is 5.88 Å². The van der Waals surface area contributed by atoms with Crippen LogP contribution in [0.5, 0.6) is 5.88 Å². The van der Waals surface area contributed by atoms with E-state index in [4.69, 9.17) is 10.5 Å². The molecule has 0 amide bonds. The highest BCUT2D eigenvalue weighted by molar-refractivity contribution is 5.30. The molecule has 0 aliphatic rings. The van der Waals surface area contributed by atoms with Crippen molar-refractivity contribution in [2.45, 2.75) is 26.1 Å². The number of hydrogen-bond donors (Lipinski definition) is 1. The molecule has 0 bridgehead atoms. The van der Waals surface area contributed by atoms with E-state index in [1.807, 2.05) is 0 Å². The molecule has 0 saturated carbocycles. The Labute approximate surface area is 91.4 Å². The standard InChI is InChI=1S/C10H13F3N2O/c1-6-3-8(10(11,12)13)5-15-9(6)16-7(2)4-14/h3,5,7H,4,14H2,1-2H3/t7-/m1/s1. The van der Waals surface area contributed by atoms with Crippen molar-refractivity contribution >= 4 is 0 Å². The largest absolute Gasteiger partial charge is 0.473 e. The van der Waals surface area contributed by atoms with Gasteiger partial charge < -0.3 is 10.5 Å². The molecule has 1 heterocycles. The number of aryl methyl sites for hydroxylation is 1. The van der Waals surface area contributed by atoms with Crippen LogP contribution in [0.4, 0.5) is 13.2 Å². The lowest BCUT2D eigenvalue weighted by Gasteiger charge is -2.14. The third-order valence-corrected chi connectivity index (χ3v) is 2.00. The van der Waals surface area contributed by atoms with Crippen LogP contribution >= 0.6 is 0 Å². The van der Waals surface area contributed by atoms with Gasteiger partial charge in [0.25, 0.3) is 0 Å².